The minimum Gasteiger partial charge on any atom is -0.381 e. The molecule has 0 amide bonds. The predicted octanol–water partition coefficient (Wildman–Crippen LogP) is 3.41. The van der Waals surface area contributed by atoms with Crippen LogP contribution in [0.1, 0.15) is 30.9 Å². The second-order valence-electron chi connectivity index (χ2n) is 6.72. The number of hydrogen-bond donors (Lipinski definition) is 1. The van der Waals surface area contributed by atoms with E-state index in [1.807, 2.05) is 19.1 Å². The Bertz CT molecular complexity index is 826. The van der Waals surface area contributed by atoms with Crippen molar-refractivity contribution in [3.63, 3.8) is 0 Å². The lowest BCUT2D eigenvalue weighted by Crippen LogP contribution is -2.44. The Balaban J connectivity index is 1.81. The summed E-state index contributed by atoms with van der Waals surface area (Å²) in [6, 6.07) is 13.3. The van der Waals surface area contributed by atoms with Gasteiger partial charge in [0.1, 0.15) is 5.82 Å². The number of halogens is 1. The van der Waals surface area contributed by atoms with Gasteiger partial charge in [-0.1, -0.05) is 31.2 Å². The van der Waals surface area contributed by atoms with Crippen molar-refractivity contribution in [1.29, 1.82) is 0 Å². The van der Waals surface area contributed by atoms with Crippen molar-refractivity contribution in [2.45, 2.75) is 36.5 Å². The molecular formula is C20H24FNO3S. The van der Waals surface area contributed by atoms with Crippen molar-refractivity contribution in [3.8, 4) is 0 Å². The first-order valence-electron chi connectivity index (χ1n) is 8.88. The van der Waals surface area contributed by atoms with Crippen LogP contribution in [0.3, 0.4) is 0 Å². The Kier molecular flexibility index (Phi) is 5.75. The van der Waals surface area contributed by atoms with Crippen LogP contribution in [0.4, 0.5) is 4.39 Å². The Morgan fingerprint density at radius 1 is 1.04 bits per heavy atom. The van der Waals surface area contributed by atoms with Crippen LogP contribution in [-0.2, 0) is 26.6 Å². The van der Waals surface area contributed by atoms with Gasteiger partial charge in [0.05, 0.1) is 4.90 Å². The first-order valence-corrected chi connectivity index (χ1v) is 10.4. The lowest BCUT2D eigenvalue weighted by Gasteiger charge is -2.37. The third kappa shape index (κ3) is 4.14. The zero-order chi connectivity index (χ0) is 18.6. The largest absolute Gasteiger partial charge is 0.381 e. The van der Waals surface area contributed by atoms with Crippen LogP contribution in [0.5, 0.6) is 0 Å². The van der Waals surface area contributed by atoms with Gasteiger partial charge >= 0.3 is 0 Å². The van der Waals surface area contributed by atoms with Crippen LogP contribution < -0.4 is 4.72 Å². The van der Waals surface area contributed by atoms with Crippen LogP contribution in [-0.4, -0.2) is 28.2 Å². The summed E-state index contributed by atoms with van der Waals surface area (Å²) in [4.78, 5) is 0.260. The Morgan fingerprint density at radius 2 is 1.65 bits per heavy atom. The van der Waals surface area contributed by atoms with Crippen molar-refractivity contribution in [1.82, 2.24) is 4.72 Å². The van der Waals surface area contributed by atoms with E-state index in [0.29, 0.717) is 26.1 Å². The molecule has 1 saturated heterocycles. The molecule has 0 aliphatic carbocycles. The van der Waals surface area contributed by atoms with Crippen LogP contribution in [0, 0.1) is 5.82 Å². The maximum absolute atomic E-state index is 13.3. The predicted molar refractivity (Wildman–Crippen MR) is 99.1 cm³/mol. The molecule has 0 aromatic heterocycles. The van der Waals surface area contributed by atoms with Gasteiger partial charge in [0, 0.05) is 25.2 Å². The van der Waals surface area contributed by atoms with Gasteiger partial charge in [-0.2, -0.15) is 0 Å². The molecule has 1 N–H and O–H groups in total. The maximum Gasteiger partial charge on any atom is 0.240 e. The van der Waals surface area contributed by atoms with E-state index >= 15 is 0 Å². The summed E-state index contributed by atoms with van der Waals surface area (Å²) >= 11 is 0. The molecule has 6 heteroatoms. The molecule has 0 spiro atoms. The Labute approximate surface area is 154 Å². The minimum absolute atomic E-state index is 0.260. The van der Waals surface area contributed by atoms with E-state index in [2.05, 4.69) is 4.72 Å². The second kappa shape index (κ2) is 7.86. The molecule has 140 valence electrons. The quantitative estimate of drug-likeness (QED) is 0.839. The topological polar surface area (TPSA) is 55.4 Å². The smallest absolute Gasteiger partial charge is 0.240 e. The van der Waals surface area contributed by atoms with E-state index in [4.69, 9.17) is 4.74 Å². The van der Waals surface area contributed by atoms with Gasteiger partial charge in [-0.05, 0) is 54.7 Å². The van der Waals surface area contributed by atoms with E-state index in [1.165, 1.54) is 12.1 Å². The summed E-state index contributed by atoms with van der Waals surface area (Å²) in [5.41, 5.74) is 1.64. The molecule has 3 rings (SSSR count). The molecule has 0 unspecified atom stereocenters. The van der Waals surface area contributed by atoms with Crippen LogP contribution in [0.2, 0.25) is 0 Å². The van der Waals surface area contributed by atoms with Crippen molar-refractivity contribution in [2.24, 2.45) is 0 Å². The SMILES string of the molecule is CCc1ccc(S(=O)(=O)NCC2(c3ccc(F)cc3)CCOCC2)cc1. The number of aryl methyl sites for hydroxylation is 1. The van der Waals surface area contributed by atoms with Gasteiger partial charge in [-0.25, -0.2) is 17.5 Å². The summed E-state index contributed by atoms with van der Waals surface area (Å²) in [5.74, 6) is -0.299. The second-order valence-corrected chi connectivity index (χ2v) is 8.49. The van der Waals surface area contributed by atoms with Gasteiger partial charge in [-0.15, -0.1) is 0 Å². The first-order chi connectivity index (χ1) is 12.5. The fourth-order valence-electron chi connectivity index (χ4n) is 3.35. The van der Waals surface area contributed by atoms with Crippen molar-refractivity contribution in [3.05, 3.63) is 65.5 Å². The van der Waals surface area contributed by atoms with Gasteiger partial charge in [-0.3, -0.25) is 0 Å². The molecule has 0 bridgehead atoms. The highest BCUT2D eigenvalue weighted by atomic mass is 32.2. The molecule has 2 aromatic rings. The highest BCUT2D eigenvalue weighted by molar-refractivity contribution is 7.89. The fourth-order valence-corrected chi connectivity index (χ4v) is 4.48. The lowest BCUT2D eigenvalue weighted by molar-refractivity contribution is 0.0517. The molecule has 0 atom stereocenters. The summed E-state index contributed by atoms with van der Waals surface area (Å²) in [6.45, 7) is 3.41. The van der Waals surface area contributed by atoms with E-state index < -0.39 is 10.0 Å². The maximum atomic E-state index is 13.3. The highest BCUT2D eigenvalue weighted by Gasteiger charge is 2.35. The third-order valence-corrected chi connectivity index (χ3v) is 6.57. The third-order valence-electron chi connectivity index (χ3n) is 5.15. The standard InChI is InChI=1S/C20H24FNO3S/c1-2-16-3-9-19(10-4-16)26(23,24)22-15-20(11-13-25-14-12-20)17-5-7-18(21)8-6-17/h3-10,22H,2,11-15H2,1H3. The molecule has 2 aromatic carbocycles. The first kappa shape index (κ1) is 19.0. The van der Waals surface area contributed by atoms with Gasteiger partial charge in [0.15, 0.2) is 0 Å². The molecule has 4 nitrogen and oxygen atoms in total. The van der Waals surface area contributed by atoms with Crippen molar-refractivity contribution < 1.29 is 17.5 Å². The van der Waals surface area contributed by atoms with Gasteiger partial charge in [0.2, 0.25) is 10.0 Å². The Hall–Kier alpha value is -1.76. The molecular weight excluding hydrogens is 353 g/mol. The molecule has 26 heavy (non-hydrogen) atoms. The van der Waals surface area contributed by atoms with Crippen LogP contribution >= 0.6 is 0 Å². The van der Waals surface area contributed by atoms with Gasteiger partial charge < -0.3 is 4.74 Å². The number of sulfonamides is 1. The van der Waals surface area contributed by atoms with E-state index in [0.717, 1.165) is 17.5 Å². The summed E-state index contributed by atoms with van der Waals surface area (Å²) in [5, 5.41) is 0. The number of nitrogens with one attached hydrogen (secondary N) is 1. The summed E-state index contributed by atoms with van der Waals surface area (Å²) in [6.07, 6.45) is 2.24. The zero-order valence-electron chi connectivity index (χ0n) is 14.9. The normalized spacial score (nSPS) is 17.2. The lowest BCUT2D eigenvalue weighted by atomic mass is 9.74. The number of hydrogen-bond acceptors (Lipinski definition) is 3. The molecule has 1 fully saturated rings. The van der Waals surface area contributed by atoms with E-state index in [1.54, 1.807) is 24.3 Å². The number of ether oxygens (including phenoxy) is 1. The average molecular weight is 377 g/mol. The van der Waals surface area contributed by atoms with Crippen LogP contribution in [0.15, 0.2) is 53.4 Å². The van der Waals surface area contributed by atoms with Gasteiger partial charge in [0.25, 0.3) is 0 Å². The molecule has 1 heterocycles. The molecule has 0 saturated carbocycles. The fraction of sp³-hybridized carbons (Fsp3) is 0.400. The van der Waals surface area contributed by atoms with Crippen molar-refractivity contribution in [2.75, 3.05) is 19.8 Å². The van der Waals surface area contributed by atoms with Crippen LogP contribution in [0.25, 0.3) is 0 Å². The molecule has 1 aliphatic rings. The number of benzene rings is 2. The monoisotopic (exact) mass is 377 g/mol. The van der Waals surface area contributed by atoms with E-state index in [-0.39, 0.29) is 22.7 Å². The highest BCUT2D eigenvalue weighted by Crippen LogP contribution is 2.34. The van der Waals surface area contributed by atoms with Crippen molar-refractivity contribution >= 4 is 10.0 Å². The summed E-state index contributed by atoms with van der Waals surface area (Å²) < 4.78 is 46.9. The zero-order valence-corrected chi connectivity index (χ0v) is 15.7. The average Bonchev–Trinajstić information content (AvgIpc) is 2.68. The minimum atomic E-state index is -3.60. The molecule has 1 aliphatic heterocycles. The van der Waals surface area contributed by atoms with E-state index in [9.17, 15) is 12.8 Å². The Morgan fingerprint density at radius 3 is 2.23 bits per heavy atom. The number of rotatable bonds is 6. The summed E-state index contributed by atoms with van der Waals surface area (Å²) in [7, 11) is -3.60. The molecule has 0 radical (unpaired) electrons.